The SMILES string of the molecule is O.O.OCCCC1CCCCCCC1(CCCO)N1CCCCCCN1. The third-order valence-electron chi connectivity index (χ3n) is 6.30. The summed E-state index contributed by atoms with van der Waals surface area (Å²) in [6.07, 6.45) is 17.1. The lowest BCUT2D eigenvalue weighted by Crippen LogP contribution is -2.60. The first kappa shape index (κ1) is 25.8. The first-order valence-electron chi connectivity index (χ1n) is 10.6. The summed E-state index contributed by atoms with van der Waals surface area (Å²) in [6, 6.07) is 0. The quantitative estimate of drug-likeness (QED) is 0.629. The fourth-order valence-corrected chi connectivity index (χ4v) is 5.03. The summed E-state index contributed by atoms with van der Waals surface area (Å²) in [5.74, 6) is 0.642. The van der Waals surface area contributed by atoms with Crippen molar-refractivity contribution in [2.45, 2.75) is 95.4 Å². The van der Waals surface area contributed by atoms with E-state index in [1.54, 1.807) is 0 Å². The van der Waals surface area contributed by atoms with Gasteiger partial charge in [0, 0.05) is 31.8 Å². The number of hydrazine groups is 1. The topological polar surface area (TPSA) is 119 Å². The van der Waals surface area contributed by atoms with Crippen LogP contribution in [-0.4, -0.2) is 58.0 Å². The Kier molecular flexibility index (Phi) is 14.6. The molecule has 1 heterocycles. The lowest BCUT2D eigenvalue weighted by Gasteiger charge is -2.51. The second-order valence-corrected chi connectivity index (χ2v) is 7.92. The predicted molar refractivity (Wildman–Crippen MR) is 107 cm³/mol. The summed E-state index contributed by atoms with van der Waals surface area (Å²) >= 11 is 0. The molecule has 0 bridgehead atoms. The fraction of sp³-hybridized carbons (Fsp3) is 1.00. The lowest BCUT2D eigenvalue weighted by atomic mass is 9.70. The average Bonchev–Trinajstić information content (AvgIpc) is 2.54. The third-order valence-corrected chi connectivity index (χ3v) is 6.30. The molecule has 1 aliphatic carbocycles. The summed E-state index contributed by atoms with van der Waals surface area (Å²) in [7, 11) is 0. The molecule has 2 fully saturated rings. The van der Waals surface area contributed by atoms with Crippen molar-refractivity contribution in [3.05, 3.63) is 0 Å². The van der Waals surface area contributed by atoms with Crippen molar-refractivity contribution >= 4 is 0 Å². The zero-order valence-electron chi connectivity index (χ0n) is 16.6. The molecule has 1 saturated heterocycles. The van der Waals surface area contributed by atoms with Gasteiger partial charge < -0.3 is 21.2 Å². The molecular weight excluding hydrogens is 332 g/mol. The molecule has 1 aliphatic heterocycles. The standard InChI is InChI=1S/C20H40N2O2.2H2O/c23-17-9-12-19-11-5-1-2-6-13-20(19,14-10-18-24)22-16-8-4-3-7-15-21-22;;/h19,21,23-24H,1-18H2;2*1H2. The minimum Gasteiger partial charge on any atom is -0.412 e. The van der Waals surface area contributed by atoms with Crippen LogP contribution in [0.5, 0.6) is 0 Å². The molecule has 0 radical (unpaired) electrons. The van der Waals surface area contributed by atoms with Crippen LogP contribution in [0.4, 0.5) is 0 Å². The van der Waals surface area contributed by atoms with Crippen LogP contribution >= 0.6 is 0 Å². The van der Waals surface area contributed by atoms with E-state index in [9.17, 15) is 10.2 Å². The highest BCUT2D eigenvalue weighted by Crippen LogP contribution is 2.42. The van der Waals surface area contributed by atoms with E-state index in [0.717, 1.165) is 38.8 Å². The minimum atomic E-state index is 0. The zero-order chi connectivity index (χ0) is 17.1. The highest BCUT2D eigenvalue weighted by molar-refractivity contribution is 4.96. The number of nitrogens with one attached hydrogen (secondary N) is 1. The number of hydrogen-bond acceptors (Lipinski definition) is 4. The minimum absolute atomic E-state index is 0. The third kappa shape index (κ3) is 7.41. The second kappa shape index (κ2) is 14.8. The van der Waals surface area contributed by atoms with Gasteiger partial charge in [-0.1, -0.05) is 38.5 Å². The molecule has 26 heavy (non-hydrogen) atoms. The van der Waals surface area contributed by atoms with E-state index in [2.05, 4.69) is 10.4 Å². The summed E-state index contributed by atoms with van der Waals surface area (Å²) in [5.41, 5.74) is 3.96. The van der Waals surface area contributed by atoms with Crippen molar-refractivity contribution in [1.82, 2.24) is 10.4 Å². The first-order valence-corrected chi connectivity index (χ1v) is 10.6. The molecule has 2 rings (SSSR count). The van der Waals surface area contributed by atoms with Crippen molar-refractivity contribution in [2.24, 2.45) is 5.92 Å². The Labute approximate surface area is 159 Å². The Hall–Kier alpha value is -0.240. The Morgan fingerprint density at radius 3 is 2.31 bits per heavy atom. The largest absolute Gasteiger partial charge is 0.412 e. The molecule has 0 aromatic carbocycles. The fourth-order valence-electron chi connectivity index (χ4n) is 5.03. The van der Waals surface area contributed by atoms with Crippen LogP contribution in [0.15, 0.2) is 0 Å². The van der Waals surface area contributed by atoms with E-state index in [1.807, 2.05) is 0 Å². The highest BCUT2D eigenvalue weighted by Gasteiger charge is 2.42. The van der Waals surface area contributed by atoms with Gasteiger partial charge >= 0.3 is 0 Å². The number of rotatable bonds is 7. The molecule has 158 valence electrons. The molecule has 7 N–H and O–H groups in total. The van der Waals surface area contributed by atoms with Gasteiger partial charge in [-0.2, -0.15) is 0 Å². The molecule has 2 unspecified atom stereocenters. The Morgan fingerprint density at radius 2 is 1.54 bits per heavy atom. The summed E-state index contributed by atoms with van der Waals surface area (Å²) < 4.78 is 0. The average molecular weight is 377 g/mol. The molecule has 2 aliphatic rings. The van der Waals surface area contributed by atoms with E-state index in [4.69, 9.17) is 0 Å². The molecule has 1 saturated carbocycles. The van der Waals surface area contributed by atoms with Gasteiger partial charge in [-0.05, 0) is 57.3 Å². The maximum atomic E-state index is 9.52. The van der Waals surface area contributed by atoms with Crippen molar-refractivity contribution in [1.29, 1.82) is 0 Å². The van der Waals surface area contributed by atoms with Gasteiger partial charge in [0.2, 0.25) is 0 Å². The van der Waals surface area contributed by atoms with Crippen LogP contribution in [0.2, 0.25) is 0 Å². The lowest BCUT2D eigenvalue weighted by molar-refractivity contribution is -0.0463. The van der Waals surface area contributed by atoms with Crippen molar-refractivity contribution in [3.63, 3.8) is 0 Å². The van der Waals surface area contributed by atoms with Gasteiger partial charge in [-0.25, -0.2) is 5.01 Å². The van der Waals surface area contributed by atoms with E-state index in [0.29, 0.717) is 19.1 Å². The van der Waals surface area contributed by atoms with E-state index in [-0.39, 0.29) is 16.5 Å². The Morgan fingerprint density at radius 1 is 0.846 bits per heavy atom. The number of hydrogen-bond donors (Lipinski definition) is 3. The summed E-state index contributed by atoms with van der Waals surface area (Å²) in [6.45, 7) is 2.83. The Balaban J connectivity index is 0.00000312. The van der Waals surface area contributed by atoms with Gasteiger partial charge in [0.1, 0.15) is 0 Å². The van der Waals surface area contributed by atoms with Gasteiger partial charge in [-0.3, -0.25) is 5.43 Å². The smallest absolute Gasteiger partial charge is 0.0431 e. The van der Waals surface area contributed by atoms with Crippen LogP contribution in [-0.2, 0) is 0 Å². The monoisotopic (exact) mass is 376 g/mol. The van der Waals surface area contributed by atoms with Crippen LogP contribution < -0.4 is 5.43 Å². The molecule has 6 heteroatoms. The van der Waals surface area contributed by atoms with Crippen LogP contribution in [0.3, 0.4) is 0 Å². The van der Waals surface area contributed by atoms with Crippen LogP contribution in [0, 0.1) is 5.92 Å². The normalized spacial score (nSPS) is 28.6. The second-order valence-electron chi connectivity index (χ2n) is 7.92. The number of nitrogens with zero attached hydrogens (tertiary/aromatic N) is 1. The number of aliphatic hydroxyl groups excluding tert-OH is 2. The molecular formula is C20H44N2O4. The highest BCUT2D eigenvalue weighted by atomic mass is 16.3. The van der Waals surface area contributed by atoms with Gasteiger partial charge in [0.25, 0.3) is 0 Å². The Bertz CT molecular complexity index is 303. The van der Waals surface area contributed by atoms with Crippen molar-refractivity contribution in [3.8, 4) is 0 Å². The van der Waals surface area contributed by atoms with Crippen LogP contribution in [0.25, 0.3) is 0 Å². The molecule has 0 aromatic heterocycles. The molecule has 2 atom stereocenters. The number of aliphatic hydroxyl groups is 2. The maximum absolute atomic E-state index is 9.52. The van der Waals surface area contributed by atoms with Gasteiger partial charge in [0.05, 0.1) is 0 Å². The van der Waals surface area contributed by atoms with E-state index >= 15 is 0 Å². The van der Waals surface area contributed by atoms with Crippen molar-refractivity contribution < 1.29 is 21.2 Å². The molecule has 0 aromatic rings. The predicted octanol–water partition coefficient (Wildman–Crippen LogP) is 1.97. The maximum Gasteiger partial charge on any atom is 0.0431 e. The molecule has 6 nitrogen and oxygen atoms in total. The molecule has 0 amide bonds. The zero-order valence-corrected chi connectivity index (χ0v) is 16.6. The van der Waals surface area contributed by atoms with Crippen molar-refractivity contribution in [2.75, 3.05) is 26.3 Å². The first-order chi connectivity index (χ1) is 11.8. The van der Waals surface area contributed by atoms with Crippen LogP contribution in [0.1, 0.15) is 89.9 Å². The summed E-state index contributed by atoms with van der Waals surface area (Å²) in [5, 5.41) is 21.5. The summed E-state index contributed by atoms with van der Waals surface area (Å²) in [4.78, 5) is 0. The van der Waals surface area contributed by atoms with E-state index in [1.165, 1.54) is 64.2 Å². The van der Waals surface area contributed by atoms with E-state index < -0.39 is 0 Å². The van der Waals surface area contributed by atoms with Gasteiger partial charge in [0.15, 0.2) is 0 Å². The van der Waals surface area contributed by atoms with Gasteiger partial charge in [-0.15, -0.1) is 0 Å². The molecule has 0 spiro atoms.